The predicted molar refractivity (Wildman–Crippen MR) is 151 cm³/mol. The summed E-state index contributed by atoms with van der Waals surface area (Å²) in [7, 11) is 0. The first-order chi connectivity index (χ1) is 18.2. The van der Waals surface area contributed by atoms with Crippen molar-refractivity contribution in [1.29, 1.82) is 0 Å². The molecule has 1 aromatic rings. The molecule has 0 saturated carbocycles. The maximum atomic E-state index is 12.8. The van der Waals surface area contributed by atoms with Crippen LogP contribution in [0.4, 0.5) is 5.69 Å². The number of halogens is 1. The SMILES string of the molecule is CCCCCCCC(=O)O.NC(=O)CCCCCN1CCC(NC(=O)c2cc(Cl)c(N)c3c2OCC3)CC1. The first-order valence-corrected chi connectivity index (χ1v) is 14.4. The van der Waals surface area contributed by atoms with E-state index in [4.69, 9.17) is 32.9 Å². The van der Waals surface area contributed by atoms with Crippen LogP contribution in [0.2, 0.25) is 5.02 Å². The molecule has 2 heterocycles. The number of nitrogens with one attached hydrogen (secondary N) is 1. The third-order valence-corrected chi connectivity index (χ3v) is 7.34. The van der Waals surface area contributed by atoms with Gasteiger partial charge in [0.25, 0.3) is 5.91 Å². The molecule has 0 radical (unpaired) electrons. The average molecular weight is 553 g/mol. The number of rotatable bonds is 14. The molecule has 38 heavy (non-hydrogen) atoms. The lowest BCUT2D eigenvalue weighted by Gasteiger charge is -2.32. The second kappa shape index (κ2) is 17.1. The summed E-state index contributed by atoms with van der Waals surface area (Å²) in [5, 5.41) is 11.8. The van der Waals surface area contributed by atoms with Crippen molar-refractivity contribution in [3.8, 4) is 5.75 Å². The number of nitrogens with two attached hydrogens (primary N) is 2. The lowest BCUT2D eigenvalue weighted by Crippen LogP contribution is -2.44. The number of hydrogen-bond donors (Lipinski definition) is 4. The smallest absolute Gasteiger partial charge is 0.303 e. The van der Waals surface area contributed by atoms with Crippen molar-refractivity contribution in [2.45, 2.75) is 96.4 Å². The molecule has 10 heteroatoms. The molecule has 0 bridgehead atoms. The number of carbonyl (C=O) groups is 3. The Morgan fingerprint density at radius 3 is 2.39 bits per heavy atom. The van der Waals surface area contributed by atoms with Crippen LogP contribution >= 0.6 is 11.6 Å². The first kappa shape index (κ1) is 31.7. The maximum Gasteiger partial charge on any atom is 0.303 e. The Bertz CT molecular complexity index is 919. The number of primary amides is 1. The topological polar surface area (TPSA) is 148 Å². The first-order valence-electron chi connectivity index (χ1n) is 14.0. The number of fused-ring (bicyclic) bond motifs is 1. The molecule has 1 aromatic carbocycles. The fourth-order valence-electron chi connectivity index (χ4n) is 4.79. The van der Waals surface area contributed by atoms with Gasteiger partial charge in [0, 0.05) is 44.0 Å². The van der Waals surface area contributed by atoms with Crippen molar-refractivity contribution in [3.63, 3.8) is 0 Å². The Kier molecular flexibility index (Phi) is 14.3. The second-order valence-electron chi connectivity index (χ2n) is 10.2. The van der Waals surface area contributed by atoms with Gasteiger partial charge in [-0.3, -0.25) is 14.4 Å². The molecule has 0 spiro atoms. The van der Waals surface area contributed by atoms with Gasteiger partial charge in [-0.1, -0.05) is 50.6 Å². The van der Waals surface area contributed by atoms with Gasteiger partial charge in [0.15, 0.2) is 0 Å². The number of hydrogen-bond acceptors (Lipinski definition) is 6. The Morgan fingerprint density at radius 1 is 1.08 bits per heavy atom. The number of anilines is 1. The quantitative estimate of drug-likeness (QED) is 0.196. The predicted octanol–water partition coefficient (Wildman–Crippen LogP) is 4.53. The van der Waals surface area contributed by atoms with Crippen molar-refractivity contribution < 1.29 is 24.2 Å². The molecular formula is C28H45ClN4O5. The zero-order valence-corrected chi connectivity index (χ0v) is 23.5. The van der Waals surface area contributed by atoms with Gasteiger partial charge in [-0.2, -0.15) is 0 Å². The highest BCUT2D eigenvalue weighted by atomic mass is 35.5. The molecule has 6 N–H and O–H groups in total. The van der Waals surface area contributed by atoms with Gasteiger partial charge in [-0.15, -0.1) is 0 Å². The van der Waals surface area contributed by atoms with E-state index in [9.17, 15) is 14.4 Å². The van der Waals surface area contributed by atoms with Crippen LogP contribution in [0.3, 0.4) is 0 Å². The summed E-state index contributed by atoms with van der Waals surface area (Å²) in [4.78, 5) is 36.0. The third-order valence-electron chi connectivity index (χ3n) is 7.03. The van der Waals surface area contributed by atoms with E-state index in [2.05, 4.69) is 17.1 Å². The molecule has 0 aliphatic carbocycles. The number of carbonyl (C=O) groups excluding carboxylic acids is 2. The molecule has 1 fully saturated rings. The van der Waals surface area contributed by atoms with Crippen LogP contribution in [-0.4, -0.2) is 60.1 Å². The van der Waals surface area contributed by atoms with E-state index >= 15 is 0 Å². The zero-order chi connectivity index (χ0) is 27.9. The Morgan fingerprint density at radius 2 is 1.74 bits per heavy atom. The Hall–Kier alpha value is -2.52. The highest BCUT2D eigenvalue weighted by Crippen LogP contribution is 2.38. The summed E-state index contributed by atoms with van der Waals surface area (Å²) in [5.74, 6) is -0.468. The van der Waals surface area contributed by atoms with Crippen LogP contribution in [-0.2, 0) is 16.0 Å². The van der Waals surface area contributed by atoms with Crippen LogP contribution in [0.1, 0.15) is 99.9 Å². The highest BCUT2D eigenvalue weighted by molar-refractivity contribution is 6.33. The van der Waals surface area contributed by atoms with E-state index in [0.717, 1.165) is 70.1 Å². The number of nitrogens with zero attached hydrogens (tertiary/aromatic N) is 1. The van der Waals surface area contributed by atoms with Crippen molar-refractivity contribution >= 4 is 35.1 Å². The van der Waals surface area contributed by atoms with E-state index in [0.29, 0.717) is 47.9 Å². The number of unbranched alkanes of at least 4 members (excludes halogenated alkanes) is 6. The fourth-order valence-corrected chi connectivity index (χ4v) is 5.01. The standard InChI is InChI=1S/C20H29ClN4O3.C8H16O2/c21-16-12-15(19-14(18(16)23)7-11-28-19)20(27)24-13-5-9-25(10-6-13)8-3-1-2-4-17(22)26;1-2-3-4-5-6-7-8(9)10/h12-13H,1-11,23H2,(H2,22,26)(H,24,27);2-7H2,1H3,(H,9,10). The largest absolute Gasteiger partial charge is 0.492 e. The number of carboxylic acid groups (broad SMARTS) is 1. The molecule has 1 saturated heterocycles. The van der Waals surface area contributed by atoms with Gasteiger partial charge in [0.05, 0.1) is 22.9 Å². The number of aliphatic carboxylic acids is 1. The molecule has 0 aromatic heterocycles. The molecule has 2 aliphatic rings. The fraction of sp³-hybridized carbons (Fsp3) is 0.679. The van der Waals surface area contributed by atoms with Gasteiger partial charge in [0.2, 0.25) is 5.91 Å². The molecule has 2 aliphatic heterocycles. The van der Waals surface area contributed by atoms with E-state index in [1.807, 2.05) is 0 Å². The van der Waals surface area contributed by atoms with Crippen molar-refractivity contribution in [3.05, 3.63) is 22.2 Å². The summed E-state index contributed by atoms with van der Waals surface area (Å²) >= 11 is 6.20. The number of likely N-dealkylation sites (tertiary alicyclic amines) is 1. The summed E-state index contributed by atoms with van der Waals surface area (Å²) in [5.41, 5.74) is 13.0. The molecule has 3 rings (SSSR count). The van der Waals surface area contributed by atoms with E-state index in [1.54, 1.807) is 6.07 Å². The van der Waals surface area contributed by atoms with Crippen LogP contribution in [0, 0.1) is 0 Å². The van der Waals surface area contributed by atoms with Crippen LogP contribution in [0.25, 0.3) is 0 Å². The monoisotopic (exact) mass is 552 g/mol. The number of benzene rings is 1. The highest BCUT2D eigenvalue weighted by Gasteiger charge is 2.27. The van der Waals surface area contributed by atoms with Crippen molar-refractivity contribution in [2.24, 2.45) is 5.73 Å². The number of piperidine rings is 1. The van der Waals surface area contributed by atoms with Gasteiger partial charge in [-0.25, -0.2) is 0 Å². The minimum absolute atomic E-state index is 0.145. The lowest BCUT2D eigenvalue weighted by molar-refractivity contribution is -0.137. The molecule has 0 atom stereocenters. The number of carboxylic acids is 1. The van der Waals surface area contributed by atoms with Crippen molar-refractivity contribution in [1.82, 2.24) is 10.2 Å². The molecule has 9 nitrogen and oxygen atoms in total. The number of amides is 2. The van der Waals surface area contributed by atoms with Crippen LogP contribution in [0.5, 0.6) is 5.75 Å². The molecule has 0 unspecified atom stereocenters. The molecule has 214 valence electrons. The average Bonchev–Trinajstić information content (AvgIpc) is 3.37. The molecule has 2 amide bonds. The lowest BCUT2D eigenvalue weighted by atomic mass is 10.0. The van der Waals surface area contributed by atoms with Crippen LogP contribution in [0.15, 0.2) is 6.07 Å². The van der Waals surface area contributed by atoms with Gasteiger partial charge < -0.3 is 31.5 Å². The Balaban J connectivity index is 0.000000432. The number of ether oxygens (including phenoxy) is 1. The Labute approximate surface area is 231 Å². The summed E-state index contributed by atoms with van der Waals surface area (Å²) < 4.78 is 5.64. The summed E-state index contributed by atoms with van der Waals surface area (Å²) in [6, 6.07) is 1.75. The summed E-state index contributed by atoms with van der Waals surface area (Å²) in [6.45, 7) is 5.61. The zero-order valence-electron chi connectivity index (χ0n) is 22.7. The normalized spacial score (nSPS) is 15.2. The van der Waals surface area contributed by atoms with E-state index in [-0.39, 0.29) is 17.9 Å². The van der Waals surface area contributed by atoms with Crippen molar-refractivity contribution in [2.75, 3.05) is 32.0 Å². The van der Waals surface area contributed by atoms with Gasteiger partial charge >= 0.3 is 5.97 Å². The van der Waals surface area contributed by atoms with Gasteiger partial charge in [0.1, 0.15) is 5.75 Å². The maximum absolute atomic E-state index is 12.8. The van der Waals surface area contributed by atoms with Gasteiger partial charge in [-0.05, 0) is 44.7 Å². The minimum atomic E-state index is -0.670. The van der Waals surface area contributed by atoms with E-state index < -0.39 is 5.97 Å². The van der Waals surface area contributed by atoms with E-state index in [1.165, 1.54) is 19.3 Å². The minimum Gasteiger partial charge on any atom is -0.492 e. The van der Waals surface area contributed by atoms with Crippen LogP contribution < -0.4 is 21.5 Å². The molecular weight excluding hydrogens is 508 g/mol. The second-order valence-corrected chi connectivity index (χ2v) is 10.6. The third kappa shape index (κ3) is 11.1. The number of nitrogen functional groups attached to an aromatic ring is 1. The summed E-state index contributed by atoms with van der Waals surface area (Å²) in [6.07, 6.45) is 11.8.